The highest BCUT2D eigenvalue weighted by Gasteiger charge is 2.26. The van der Waals surface area contributed by atoms with Crippen molar-refractivity contribution in [3.63, 3.8) is 0 Å². The molecule has 1 fully saturated rings. The molecular formula is C21H34ClNO4. The molecule has 1 aliphatic heterocycles. The van der Waals surface area contributed by atoms with E-state index in [9.17, 15) is 9.90 Å². The number of piperidine rings is 1. The van der Waals surface area contributed by atoms with Crippen LogP contribution in [0.5, 0.6) is 5.75 Å². The van der Waals surface area contributed by atoms with Crippen LogP contribution in [-0.4, -0.2) is 54.9 Å². The smallest absolute Gasteiger partial charge is 0.309 e. The number of aliphatic hydroxyl groups is 1. The number of halogens is 1. The Morgan fingerprint density at radius 3 is 2.52 bits per heavy atom. The minimum atomic E-state index is -0.544. The van der Waals surface area contributed by atoms with Gasteiger partial charge in [-0.15, -0.1) is 12.4 Å². The molecule has 1 N–H and O–H groups in total. The summed E-state index contributed by atoms with van der Waals surface area (Å²) < 4.78 is 10.9. The van der Waals surface area contributed by atoms with Crippen molar-refractivity contribution in [2.75, 3.05) is 32.8 Å². The fourth-order valence-corrected chi connectivity index (χ4v) is 3.35. The van der Waals surface area contributed by atoms with E-state index in [-0.39, 0.29) is 30.9 Å². The Morgan fingerprint density at radius 2 is 1.93 bits per heavy atom. The van der Waals surface area contributed by atoms with Crippen LogP contribution in [0.15, 0.2) is 18.2 Å². The summed E-state index contributed by atoms with van der Waals surface area (Å²) in [6.45, 7) is 11.1. The Balaban J connectivity index is 0.00000364. The molecule has 2 rings (SSSR count). The summed E-state index contributed by atoms with van der Waals surface area (Å²) in [6, 6.07) is 6.22. The van der Waals surface area contributed by atoms with Crippen LogP contribution < -0.4 is 4.74 Å². The molecule has 0 amide bonds. The number of aliphatic hydroxyl groups excluding tert-OH is 1. The number of β-amino-alcohol motifs (C(OH)–C–C–N with tert-alkyl or cyclic N) is 1. The van der Waals surface area contributed by atoms with Crippen molar-refractivity contribution in [3.8, 4) is 5.75 Å². The van der Waals surface area contributed by atoms with Crippen molar-refractivity contribution >= 4 is 18.4 Å². The van der Waals surface area contributed by atoms with Gasteiger partial charge in [0.25, 0.3) is 0 Å². The van der Waals surface area contributed by atoms with Gasteiger partial charge in [-0.25, -0.2) is 0 Å². The number of aryl methyl sites for hydroxylation is 1. The number of hydrogen-bond acceptors (Lipinski definition) is 5. The van der Waals surface area contributed by atoms with Gasteiger partial charge >= 0.3 is 5.97 Å². The van der Waals surface area contributed by atoms with E-state index in [1.54, 1.807) is 0 Å². The summed E-state index contributed by atoms with van der Waals surface area (Å²) in [5.74, 6) is 1.18. The van der Waals surface area contributed by atoms with E-state index in [4.69, 9.17) is 9.47 Å². The van der Waals surface area contributed by atoms with Crippen molar-refractivity contribution in [3.05, 3.63) is 29.3 Å². The second kappa shape index (κ2) is 11.5. The molecule has 1 aromatic rings. The zero-order valence-corrected chi connectivity index (χ0v) is 17.8. The maximum Gasteiger partial charge on any atom is 0.309 e. The van der Waals surface area contributed by atoms with E-state index in [1.165, 1.54) is 11.1 Å². The van der Waals surface area contributed by atoms with E-state index >= 15 is 0 Å². The van der Waals surface area contributed by atoms with Crippen molar-refractivity contribution < 1.29 is 19.4 Å². The van der Waals surface area contributed by atoms with E-state index < -0.39 is 6.10 Å². The molecule has 1 heterocycles. The van der Waals surface area contributed by atoms with Gasteiger partial charge in [-0.3, -0.25) is 4.79 Å². The molecule has 1 aliphatic rings. The third kappa shape index (κ3) is 7.68. The van der Waals surface area contributed by atoms with Crippen LogP contribution in [-0.2, 0) is 9.53 Å². The van der Waals surface area contributed by atoms with Crippen LogP contribution in [0.1, 0.15) is 50.7 Å². The molecule has 1 saturated heterocycles. The lowest BCUT2D eigenvalue weighted by Gasteiger charge is -2.32. The number of ether oxygens (including phenoxy) is 2. The zero-order chi connectivity index (χ0) is 19.1. The first-order chi connectivity index (χ1) is 12.4. The van der Waals surface area contributed by atoms with Gasteiger partial charge in [0.15, 0.2) is 0 Å². The van der Waals surface area contributed by atoms with E-state index in [0.29, 0.717) is 19.1 Å². The van der Waals surface area contributed by atoms with Crippen molar-refractivity contribution in [1.29, 1.82) is 0 Å². The van der Waals surface area contributed by atoms with Crippen LogP contribution in [0.3, 0.4) is 0 Å². The molecule has 0 bridgehead atoms. The fourth-order valence-electron chi connectivity index (χ4n) is 3.35. The molecule has 0 aliphatic carbocycles. The molecule has 0 radical (unpaired) electrons. The topological polar surface area (TPSA) is 59.0 Å². The molecule has 0 spiro atoms. The number of benzene rings is 1. The largest absolute Gasteiger partial charge is 0.491 e. The number of likely N-dealkylation sites (tertiary alicyclic amines) is 1. The second-order valence-electron chi connectivity index (χ2n) is 7.53. The second-order valence-corrected chi connectivity index (χ2v) is 7.53. The van der Waals surface area contributed by atoms with Gasteiger partial charge in [0, 0.05) is 6.54 Å². The normalized spacial score (nSPS) is 16.7. The van der Waals surface area contributed by atoms with Crippen molar-refractivity contribution in [1.82, 2.24) is 4.90 Å². The summed E-state index contributed by atoms with van der Waals surface area (Å²) in [4.78, 5) is 14.0. The van der Waals surface area contributed by atoms with Gasteiger partial charge in [-0.05, 0) is 69.0 Å². The van der Waals surface area contributed by atoms with Gasteiger partial charge < -0.3 is 19.5 Å². The quantitative estimate of drug-likeness (QED) is 0.677. The first kappa shape index (κ1) is 23.7. The average Bonchev–Trinajstić information content (AvgIpc) is 2.60. The summed E-state index contributed by atoms with van der Waals surface area (Å²) in [5, 5.41) is 10.3. The Bertz CT molecular complexity index is 586. The molecule has 27 heavy (non-hydrogen) atoms. The first-order valence-electron chi connectivity index (χ1n) is 9.70. The van der Waals surface area contributed by atoms with Crippen LogP contribution in [0.4, 0.5) is 0 Å². The van der Waals surface area contributed by atoms with Gasteiger partial charge in [0.05, 0.1) is 12.5 Å². The number of carbonyl (C=O) groups excluding carboxylic acids is 1. The highest BCUT2D eigenvalue weighted by Crippen LogP contribution is 2.23. The molecule has 154 valence electrons. The summed E-state index contributed by atoms with van der Waals surface area (Å²) in [5.41, 5.74) is 2.41. The van der Waals surface area contributed by atoms with E-state index in [1.807, 2.05) is 13.0 Å². The van der Waals surface area contributed by atoms with Crippen molar-refractivity contribution in [2.45, 2.75) is 52.6 Å². The molecule has 5 nitrogen and oxygen atoms in total. The van der Waals surface area contributed by atoms with Gasteiger partial charge in [-0.2, -0.15) is 0 Å². The number of carbonyl (C=O) groups is 1. The highest BCUT2D eigenvalue weighted by molar-refractivity contribution is 5.85. The van der Waals surface area contributed by atoms with Crippen LogP contribution >= 0.6 is 12.4 Å². The van der Waals surface area contributed by atoms with Gasteiger partial charge in [0.2, 0.25) is 0 Å². The molecular weight excluding hydrogens is 366 g/mol. The van der Waals surface area contributed by atoms with E-state index in [0.717, 1.165) is 31.7 Å². The lowest BCUT2D eigenvalue weighted by atomic mass is 9.97. The lowest BCUT2D eigenvalue weighted by molar-refractivity contribution is -0.149. The number of nitrogens with zero attached hydrogens (tertiary/aromatic N) is 1. The minimum absolute atomic E-state index is 0. The minimum Gasteiger partial charge on any atom is -0.491 e. The Morgan fingerprint density at radius 1 is 1.26 bits per heavy atom. The first-order valence-corrected chi connectivity index (χ1v) is 9.70. The molecule has 6 heteroatoms. The van der Waals surface area contributed by atoms with Crippen molar-refractivity contribution in [2.24, 2.45) is 5.92 Å². The predicted molar refractivity (Wildman–Crippen MR) is 110 cm³/mol. The Kier molecular flexibility index (Phi) is 10.1. The Labute approximate surface area is 169 Å². The monoisotopic (exact) mass is 399 g/mol. The fraction of sp³-hybridized carbons (Fsp3) is 0.667. The molecule has 0 aromatic heterocycles. The molecule has 1 atom stereocenters. The summed E-state index contributed by atoms with van der Waals surface area (Å²) in [7, 11) is 0. The maximum atomic E-state index is 11.8. The molecule has 1 aromatic carbocycles. The van der Waals surface area contributed by atoms with E-state index in [2.05, 4.69) is 37.8 Å². The standard InChI is InChI=1S/C21H33NO4.ClH/c1-5-25-21(24)17-6-8-22(9-7-17)13-19(23)14-26-20-11-16(4)10-18(12-20)15(2)3;/h10-12,15,17,19,23H,5-9,13-14H2,1-4H3;1H. The average molecular weight is 400 g/mol. The zero-order valence-electron chi connectivity index (χ0n) is 16.9. The highest BCUT2D eigenvalue weighted by atomic mass is 35.5. The maximum absolute atomic E-state index is 11.8. The lowest BCUT2D eigenvalue weighted by Crippen LogP contribution is -2.42. The van der Waals surface area contributed by atoms with Crippen LogP contribution in [0.2, 0.25) is 0 Å². The third-order valence-corrected chi connectivity index (χ3v) is 4.86. The predicted octanol–water partition coefficient (Wildman–Crippen LogP) is 3.56. The van der Waals surface area contributed by atoms with Gasteiger partial charge in [0.1, 0.15) is 18.5 Å². The third-order valence-electron chi connectivity index (χ3n) is 4.86. The summed E-state index contributed by atoms with van der Waals surface area (Å²) in [6.07, 6.45) is 1.04. The molecule has 1 unspecified atom stereocenters. The molecule has 0 saturated carbocycles. The van der Waals surface area contributed by atoms with Crippen LogP contribution in [0, 0.1) is 12.8 Å². The number of hydrogen-bond donors (Lipinski definition) is 1. The Hall–Kier alpha value is -1.30. The van der Waals surface area contributed by atoms with Crippen LogP contribution in [0.25, 0.3) is 0 Å². The number of esters is 1. The van der Waals surface area contributed by atoms with Gasteiger partial charge in [-0.1, -0.05) is 19.9 Å². The summed E-state index contributed by atoms with van der Waals surface area (Å²) >= 11 is 0. The number of rotatable bonds is 8. The SMILES string of the molecule is CCOC(=O)C1CCN(CC(O)COc2cc(C)cc(C(C)C)c2)CC1.Cl.